The summed E-state index contributed by atoms with van der Waals surface area (Å²) in [4.78, 5) is 17.5. The van der Waals surface area contributed by atoms with Crippen LogP contribution in [0.25, 0.3) is 10.9 Å². The summed E-state index contributed by atoms with van der Waals surface area (Å²) < 4.78 is 5.51. The Bertz CT molecular complexity index is 673. The van der Waals surface area contributed by atoms with Crippen LogP contribution in [0.5, 0.6) is 5.75 Å². The summed E-state index contributed by atoms with van der Waals surface area (Å²) in [6.45, 7) is 5.43. The van der Waals surface area contributed by atoms with E-state index >= 15 is 0 Å². The first kappa shape index (κ1) is 13.0. The first-order chi connectivity index (χ1) is 9.65. The zero-order valence-electron chi connectivity index (χ0n) is 12.2. The van der Waals surface area contributed by atoms with Crippen LogP contribution < -0.4 is 4.74 Å². The molecule has 1 aromatic carbocycles. The molecule has 0 radical (unpaired) electrons. The van der Waals surface area contributed by atoms with E-state index in [1.165, 1.54) is 16.6 Å². The van der Waals surface area contributed by atoms with Crippen LogP contribution in [0.15, 0.2) is 12.1 Å². The molecule has 0 aliphatic carbocycles. The molecule has 0 unspecified atom stereocenters. The summed E-state index contributed by atoms with van der Waals surface area (Å²) in [6.07, 6.45) is 1.45. The lowest BCUT2D eigenvalue weighted by Crippen LogP contribution is -2.30. The fourth-order valence-electron chi connectivity index (χ4n) is 3.16. The quantitative estimate of drug-likeness (QED) is 0.913. The molecule has 4 nitrogen and oxygen atoms in total. The molecule has 106 valence electrons. The number of H-pyrrole nitrogens is 1. The maximum Gasteiger partial charge on any atom is 0.222 e. The van der Waals surface area contributed by atoms with Crippen LogP contribution in [0.3, 0.4) is 0 Å². The van der Waals surface area contributed by atoms with Crippen molar-refractivity contribution < 1.29 is 9.53 Å². The van der Waals surface area contributed by atoms with E-state index in [4.69, 9.17) is 4.74 Å². The monoisotopic (exact) mass is 272 g/mol. The molecule has 20 heavy (non-hydrogen) atoms. The number of ether oxygens (including phenoxy) is 1. The molecular formula is C16H20N2O2. The number of benzene rings is 1. The third kappa shape index (κ3) is 1.87. The van der Waals surface area contributed by atoms with Crippen molar-refractivity contribution in [2.45, 2.75) is 33.2 Å². The van der Waals surface area contributed by atoms with Gasteiger partial charge in [0.15, 0.2) is 0 Å². The first-order valence-corrected chi connectivity index (χ1v) is 7.10. The minimum Gasteiger partial charge on any atom is -0.496 e. The SMILES string of the molecule is CCC(=O)N1CCc2c(C)[nH]c3ccc(OC)c(c23)C1. The largest absolute Gasteiger partial charge is 0.496 e. The van der Waals surface area contributed by atoms with E-state index in [1.807, 2.05) is 17.9 Å². The van der Waals surface area contributed by atoms with Crippen LogP contribution >= 0.6 is 0 Å². The highest BCUT2D eigenvalue weighted by Crippen LogP contribution is 2.35. The number of aryl methyl sites for hydroxylation is 1. The number of methoxy groups -OCH3 is 1. The van der Waals surface area contributed by atoms with Crippen molar-refractivity contribution >= 4 is 16.8 Å². The van der Waals surface area contributed by atoms with Crippen LogP contribution in [-0.2, 0) is 17.8 Å². The van der Waals surface area contributed by atoms with Crippen LogP contribution in [0.1, 0.15) is 30.2 Å². The lowest BCUT2D eigenvalue weighted by atomic mass is 10.0. The van der Waals surface area contributed by atoms with Gasteiger partial charge in [0, 0.05) is 41.7 Å². The predicted molar refractivity (Wildman–Crippen MR) is 79.0 cm³/mol. The van der Waals surface area contributed by atoms with Crippen LogP contribution in [0.2, 0.25) is 0 Å². The van der Waals surface area contributed by atoms with Crippen molar-refractivity contribution in [2.75, 3.05) is 13.7 Å². The number of nitrogens with one attached hydrogen (secondary N) is 1. The molecule has 1 aliphatic heterocycles. The maximum absolute atomic E-state index is 12.1. The Morgan fingerprint density at radius 3 is 2.90 bits per heavy atom. The first-order valence-electron chi connectivity index (χ1n) is 7.10. The van der Waals surface area contributed by atoms with Crippen LogP contribution in [0, 0.1) is 6.92 Å². The van der Waals surface area contributed by atoms with Crippen molar-refractivity contribution in [1.82, 2.24) is 9.88 Å². The number of hydrogen-bond acceptors (Lipinski definition) is 2. The second-order valence-corrected chi connectivity index (χ2v) is 5.32. The Labute approximate surface area is 118 Å². The average molecular weight is 272 g/mol. The van der Waals surface area contributed by atoms with Crippen molar-refractivity contribution in [3.63, 3.8) is 0 Å². The fourth-order valence-corrected chi connectivity index (χ4v) is 3.16. The number of carbonyl (C=O) groups is 1. The summed E-state index contributed by atoms with van der Waals surface area (Å²) in [5, 5.41) is 1.24. The van der Waals surface area contributed by atoms with E-state index in [0.717, 1.165) is 29.8 Å². The lowest BCUT2D eigenvalue weighted by molar-refractivity contribution is -0.131. The van der Waals surface area contributed by atoms with Gasteiger partial charge in [-0.1, -0.05) is 6.92 Å². The Morgan fingerprint density at radius 2 is 2.20 bits per heavy atom. The van der Waals surface area contributed by atoms with Gasteiger partial charge in [-0.2, -0.15) is 0 Å². The van der Waals surface area contributed by atoms with E-state index in [9.17, 15) is 4.79 Å². The van der Waals surface area contributed by atoms with E-state index in [-0.39, 0.29) is 5.91 Å². The molecule has 0 atom stereocenters. The van der Waals surface area contributed by atoms with E-state index in [2.05, 4.69) is 18.0 Å². The highest BCUT2D eigenvalue weighted by Gasteiger charge is 2.24. The smallest absolute Gasteiger partial charge is 0.222 e. The van der Waals surface area contributed by atoms with Gasteiger partial charge in [-0.25, -0.2) is 0 Å². The number of nitrogens with zero attached hydrogens (tertiary/aromatic N) is 1. The van der Waals surface area contributed by atoms with Gasteiger partial charge >= 0.3 is 0 Å². The Balaban J connectivity index is 2.19. The maximum atomic E-state index is 12.1. The fraction of sp³-hybridized carbons (Fsp3) is 0.438. The average Bonchev–Trinajstić information content (AvgIpc) is 2.65. The molecule has 0 spiro atoms. The van der Waals surface area contributed by atoms with Crippen molar-refractivity contribution in [1.29, 1.82) is 0 Å². The highest BCUT2D eigenvalue weighted by atomic mass is 16.5. The van der Waals surface area contributed by atoms with Crippen LogP contribution in [0.4, 0.5) is 0 Å². The van der Waals surface area contributed by atoms with Crippen molar-refractivity contribution in [2.24, 2.45) is 0 Å². The molecule has 0 saturated heterocycles. The highest BCUT2D eigenvalue weighted by molar-refractivity contribution is 5.91. The summed E-state index contributed by atoms with van der Waals surface area (Å²) in [6, 6.07) is 4.04. The summed E-state index contributed by atoms with van der Waals surface area (Å²) in [5.41, 5.74) is 4.78. The summed E-state index contributed by atoms with van der Waals surface area (Å²) in [7, 11) is 1.69. The summed E-state index contributed by atoms with van der Waals surface area (Å²) >= 11 is 0. The Kier molecular flexibility index (Phi) is 3.16. The number of aromatic amines is 1. The number of rotatable bonds is 2. The molecule has 1 aromatic heterocycles. The second-order valence-electron chi connectivity index (χ2n) is 5.32. The molecular weight excluding hydrogens is 252 g/mol. The topological polar surface area (TPSA) is 45.3 Å². The van der Waals surface area contributed by atoms with Gasteiger partial charge in [0.1, 0.15) is 5.75 Å². The second kappa shape index (κ2) is 4.85. The Hall–Kier alpha value is -1.97. The van der Waals surface area contributed by atoms with Gasteiger partial charge in [0.2, 0.25) is 5.91 Å². The molecule has 1 N–H and O–H groups in total. The van der Waals surface area contributed by atoms with E-state index in [1.54, 1.807) is 7.11 Å². The molecule has 0 fully saturated rings. The van der Waals surface area contributed by atoms with E-state index < -0.39 is 0 Å². The Morgan fingerprint density at radius 1 is 1.40 bits per heavy atom. The lowest BCUT2D eigenvalue weighted by Gasteiger charge is -2.21. The molecule has 1 aliphatic rings. The van der Waals surface area contributed by atoms with Gasteiger partial charge in [0.05, 0.1) is 7.11 Å². The molecule has 2 heterocycles. The molecule has 2 aromatic rings. The molecule has 0 bridgehead atoms. The van der Waals surface area contributed by atoms with Crippen molar-refractivity contribution in [3.05, 3.63) is 29.0 Å². The zero-order valence-corrected chi connectivity index (χ0v) is 12.2. The van der Waals surface area contributed by atoms with Gasteiger partial charge in [-0.15, -0.1) is 0 Å². The van der Waals surface area contributed by atoms with E-state index in [0.29, 0.717) is 13.0 Å². The zero-order chi connectivity index (χ0) is 14.3. The third-order valence-corrected chi connectivity index (χ3v) is 4.20. The van der Waals surface area contributed by atoms with Crippen LogP contribution in [-0.4, -0.2) is 29.4 Å². The normalized spacial score (nSPS) is 14.4. The predicted octanol–water partition coefficient (Wildman–Crippen LogP) is 2.78. The minimum absolute atomic E-state index is 0.204. The number of carbonyl (C=O) groups excluding carboxylic acids is 1. The standard InChI is InChI=1S/C16H20N2O2/c1-4-15(19)18-8-7-11-10(2)17-13-5-6-14(20-3)12(9-18)16(11)13/h5-6,17H,4,7-9H2,1-3H3. The third-order valence-electron chi connectivity index (χ3n) is 4.20. The minimum atomic E-state index is 0.204. The molecule has 0 saturated carbocycles. The number of amides is 1. The number of hydrogen-bond donors (Lipinski definition) is 1. The van der Waals surface area contributed by atoms with Gasteiger partial charge in [-0.3, -0.25) is 4.79 Å². The molecule has 3 rings (SSSR count). The number of aromatic nitrogens is 1. The van der Waals surface area contributed by atoms with Gasteiger partial charge in [-0.05, 0) is 31.0 Å². The summed E-state index contributed by atoms with van der Waals surface area (Å²) in [5.74, 6) is 1.07. The molecule has 4 heteroatoms. The van der Waals surface area contributed by atoms with Gasteiger partial charge < -0.3 is 14.6 Å². The molecule has 1 amide bonds. The van der Waals surface area contributed by atoms with Gasteiger partial charge in [0.25, 0.3) is 0 Å². The van der Waals surface area contributed by atoms with Crippen molar-refractivity contribution in [3.8, 4) is 5.75 Å².